The molecule has 3 aliphatic rings. The summed E-state index contributed by atoms with van der Waals surface area (Å²) in [4.78, 5) is 36.3. The van der Waals surface area contributed by atoms with E-state index in [-0.39, 0.29) is 11.9 Å². The highest BCUT2D eigenvalue weighted by Crippen LogP contribution is 2.35. The van der Waals surface area contributed by atoms with E-state index in [0.29, 0.717) is 18.4 Å². The highest BCUT2D eigenvalue weighted by Gasteiger charge is 2.33. The summed E-state index contributed by atoms with van der Waals surface area (Å²) in [6, 6.07) is 5.69. The Morgan fingerprint density at radius 2 is 1.97 bits per heavy atom. The van der Waals surface area contributed by atoms with Crippen molar-refractivity contribution in [3.63, 3.8) is 0 Å². The van der Waals surface area contributed by atoms with Crippen LogP contribution in [0.15, 0.2) is 29.8 Å². The Morgan fingerprint density at radius 1 is 1.18 bits per heavy atom. The van der Waals surface area contributed by atoms with Crippen LogP contribution in [0.1, 0.15) is 31.2 Å². The Balaban J connectivity index is 1.11. The zero-order valence-corrected chi connectivity index (χ0v) is 19.9. The van der Waals surface area contributed by atoms with Crippen molar-refractivity contribution in [1.82, 2.24) is 14.8 Å². The molecule has 1 saturated heterocycles. The minimum absolute atomic E-state index is 0.0490. The Kier molecular flexibility index (Phi) is 6.39. The number of methoxy groups -OCH3 is 1. The van der Waals surface area contributed by atoms with Gasteiger partial charge in [-0.05, 0) is 43.7 Å². The van der Waals surface area contributed by atoms with E-state index >= 15 is 0 Å². The summed E-state index contributed by atoms with van der Waals surface area (Å²) < 4.78 is 5.49. The number of amides is 3. The van der Waals surface area contributed by atoms with Gasteiger partial charge in [0.05, 0.1) is 19.3 Å². The number of hydrogen-bond acceptors (Lipinski definition) is 6. The lowest BCUT2D eigenvalue weighted by Gasteiger charge is -2.39. The van der Waals surface area contributed by atoms with Crippen LogP contribution in [0.3, 0.4) is 0 Å². The molecular formula is C24H31N5O3S. The van der Waals surface area contributed by atoms with Crippen LogP contribution >= 0.6 is 11.3 Å². The molecule has 3 amide bonds. The van der Waals surface area contributed by atoms with E-state index in [1.807, 2.05) is 39.6 Å². The summed E-state index contributed by atoms with van der Waals surface area (Å²) in [5.41, 5.74) is 1.86. The van der Waals surface area contributed by atoms with Crippen molar-refractivity contribution in [2.45, 2.75) is 32.2 Å². The number of rotatable bonds is 5. The fraction of sp³-hybridized carbons (Fsp3) is 0.542. The number of carbonyl (C=O) groups excluding carboxylic acids is 2. The number of urea groups is 1. The van der Waals surface area contributed by atoms with Gasteiger partial charge >= 0.3 is 6.03 Å². The van der Waals surface area contributed by atoms with Crippen LogP contribution in [0, 0.1) is 11.8 Å². The molecule has 0 spiro atoms. The van der Waals surface area contributed by atoms with Crippen LogP contribution in [0.25, 0.3) is 0 Å². The first-order chi connectivity index (χ1) is 16.1. The summed E-state index contributed by atoms with van der Waals surface area (Å²) in [6.45, 7) is 4.53. The maximum absolute atomic E-state index is 13.1. The molecule has 176 valence electrons. The number of piperazine rings is 1. The first kappa shape index (κ1) is 22.0. The number of thiazole rings is 1. The molecule has 0 bridgehead atoms. The highest BCUT2D eigenvalue weighted by atomic mass is 32.1. The normalized spacial score (nSPS) is 23.2. The maximum Gasteiger partial charge on any atom is 0.322 e. The first-order valence-electron chi connectivity index (χ1n) is 11.8. The highest BCUT2D eigenvalue weighted by molar-refractivity contribution is 7.13. The number of hydrogen-bond donors (Lipinski definition) is 1. The Bertz CT molecular complexity index is 982. The standard InChI is InChI=1S/C24H31N5O3S/c1-32-21-4-2-3-20-19(21)16-29(23(31)26-20)15-17-5-7-18(8-6-17)22(30)27-10-12-28(13-11-27)24-25-9-14-33-24/h2-4,9,14,17-18H,5-8,10-13,15-16H2,1H3,(H,26,31)/t17-,18-. The fourth-order valence-corrected chi connectivity index (χ4v) is 5.99. The Morgan fingerprint density at radius 3 is 2.67 bits per heavy atom. The van der Waals surface area contributed by atoms with Gasteiger partial charge in [-0.25, -0.2) is 9.78 Å². The molecule has 1 aliphatic carbocycles. The van der Waals surface area contributed by atoms with Crippen molar-refractivity contribution >= 4 is 34.1 Å². The third-order valence-electron chi connectivity index (χ3n) is 7.19. The fourth-order valence-electron chi connectivity index (χ4n) is 5.29. The molecule has 0 unspecified atom stereocenters. The second-order valence-corrected chi connectivity index (χ2v) is 10.0. The average molecular weight is 470 g/mol. The van der Waals surface area contributed by atoms with E-state index in [9.17, 15) is 9.59 Å². The topological polar surface area (TPSA) is 78.0 Å². The number of aromatic nitrogens is 1. The lowest BCUT2D eigenvalue weighted by molar-refractivity contribution is -0.137. The summed E-state index contributed by atoms with van der Waals surface area (Å²) in [5, 5.41) is 6.04. The van der Waals surface area contributed by atoms with Crippen molar-refractivity contribution in [2.24, 2.45) is 11.8 Å². The molecule has 0 atom stereocenters. The zero-order valence-electron chi connectivity index (χ0n) is 19.0. The molecule has 5 rings (SSSR count). The minimum Gasteiger partial charge on any atom is -0.496 e. The Labute approximate surface area is 198 Å². The molecule has 1 aromatic carbocycles. The van der Waals surface area contributed by atoms with Crippen molar-refractivity contribution < 1.29 is 14.3 Å². The van der Waals surface area contributed by atoms with Gasteiger partial charge in [0, 0.05) is 55.8 Å². The van der Waals surface area contributed by atoms with Gasteiger partial charge in [0.15, 0.2) is 5.13 Å². The van der Waals surface area contributed by atoms with Gasteiger partial charge in [0.2, 0.25) is 5.91 Å². The molecule has 8 nitrogen and oxygen atoms in total. The first-order valence-corrected chi connectivity index (χ1v) is 12.7. The second kappa shape index (κ2) is 9.59. The van der Waals surface area contributed by atoms with E-state index < -0.39 is 0 Å². The molecule has 0 radical (unpaired) electrons. The maximum atomic E-state index is 13.1. The van der Waals surface area contributed by atoms with Crippen molar-refractivity contribution in [3.8, 4) is 5.75 Å². The van der Waals surface area contributed by atoms with Gasteiger partial charge in [-0.3, -0.25) is 4.79 Å². The van der Waals surface area contributed by atoms with Gasteiger partial charge in [0.25, 0.3) is 0 Å². The van der Waals surface area contributed by atoms with E-state index in [2.05, 4.69) is 15.2 Å². The lowest BCUT2D eigenvalue weighted by Crippen LogP contribution is -2.51. The van der Waals surface area contributed by atoms with Crippen LogP contribution < -0.4 is 15.0 Å². The smallest absolute Gasteiger partial charge is 0.322 e. The summed E-state index contributed by atoms with van der Waals surface area (Å²) in [6.07, 6.45) is 5.62. The number of nitrogens with zero attached hydrogens (tertiary/aromatic N) is 4. The van der Waals surface area contributed by atoms with E-state index in [4.69, 9.17) is 4.74 Å². The third kappa shape index (κ3) is 4.64. The monoisotopic (exact) mass is 469 g/mol. The summed E-state index contributed by atoms with van der Waals surface area (Å²) in [5.74, 6) is 1.66. The third-order valence-corrected chi connectivity index (χ3v) is 8.02. The molecule has 3 heterocycles. The average Bonchev–Trinajstić information content (AvgIpc) is 3.39. The van der Waals surface area contributed by atoms with Crippen LogP contribution in [-0.4, -0.2) is 66.6 Å². The Hall–Kier alpha value is -2.81. The van der Waals surface area contributed by atoms with Crippen LogP contribution in [0.5, 0.6) is 5.75 Å². The van der Waals surface area contributed by atoms with E-state index in [1.165, 1.54) is 0 Å². The molecule has 1 N–H and O–H groups in total. The predicted octanol–water partition coefficient (Wildman–Crippen LogP) is 3.65. The van der Waals surface area contributed by atoms with Crippen molar-refractivity contribution in [1.29, 1.82) is 0 Å². The van der Waals surface area contributed by atoms with Gasteiger partial charge in [-0.2, -0.15) is 0 Å². The minimum atomic E-state index is -0.0490. The summed E-state index contributed by atoms with van der Waals surface area (Å²) >= 11 is 1.65. The molecule has 1 aromatic heterocycles. The predicted molar refractivity (Wildman–Crippen MR) is 129 cm³/mol. The van der Waals surface area contributed by atoms with E-state index in [0.717, 1.165) is 80.5 Å². The molecule has 33 heavy (non-hydrogen) atoms. The number of carbonyl (C=O) groups is 2. The lowest BCUT2D eigenvalue weighted by atomic mass is 9.81. The number of ether oxygens (including phenoxy) is 1. The molecule has 2 aromatic rings. The quantitative estimate of drug-likeness (QED) is 0.723. The molecule has 9 heteroatoms. The number of anilines is 2. The molecule has 2 fully saturated rings. The number of fused-ring (bicyclic) bond motifs is 1. The molecular weight excluding hydrogens is 438 g/mol. The molecule has 2 aliphatic heterocycles. The van der Waals surface area contributed by atoms with Crippen molar-refractivity contribution in [2.75, 3.05) is 50.1 Å². The van der Waals surface area contributed by atoms with E-state index in [1.54, 1.807) is 18.4 Å². The van der Waals surface area contributed by atoms with Crippen LogP contribution in [0.4, 0.5) is 15.6 Å². The van der Waals surface area contributed by atoms with Gasteiger partial charge in [-0.15, -0.1) is 11.3 Å². The van der Waals surface area contributed by atoms with Crippen molar-refractivity contribution in [3.05, 3.63) is 35.3 Å². The SMILES string of the molecule is COc1cccc2c1CN(C[C@H]1CC[C@H](C(=O)N3CCN(c4nccs4)CC3)CC1)C(=O)N2. The second-order valence-electron chi connectivity index (χ2n) is 9.14. The molecule has 1 saturated carbocycles. The van der Waals surface area contributed by atoms with Gasteiger partial charge in [-0.1, -0.05) is 6.07 Å². The summed E-state index contributed by atoms with van der Waals surface area (Å²) in [7, 11) is 1.66. The number of nitrogens with one attached hydrogen (secondary N) is 1. The van der Waals surface area contributed by atoms with Crippen LogP contribution in [-0.2, 0) is 11.3 Å². The van der Waals surface area contributed by atoms with Gasteiger partial charge < -0.3 is 24.8 Å². The van der Waals surface area contributed by atoms with Crippen LogP contribution in [0.2, 0.25) is 0 Å². The zero-order chi connectivity index (χ0) is 22.8. The largest absolute Gasteiger partial charge is 0.496 e. The number of benzene rings is 1. The van der Waals surface area contributed by atoms with Gasteiger partial charge in [0.1, 0.15) is 5.75 Å².